The molecule has 0 spiro atoms. The first-order chi connectivity index (χ1) is 9.76. The Balaban J connectivity index is 1.62. The number of ether oxygens (including phenoxy) is 1. The molecule has 6 heteroatoms. The Morgan fingerprint density at radius 2 is 2.35 bits per heavy atom. The van der Waals surface area contributed by atoms with Crippen LogP contribution in [0.4, 0.5) is 0 Å². The van der Waals surface area contributed by atoms with Gasteiger partial charge in [-0.15, -0.1) is 11.3 Å². The van der Waals surface area contributed by atoms with E-state index < -0.39 is 0 Å². The van der Waals surface area contributed by atoms with Gasteiger partial charge in [-0.25, -0.2) is 0 Å². The second-order valence-corrected chi connectivity index (χ2v) is 6.24. The SMILES string of the molecule is CCc1ccc(-c2nc(C(N)COC3CCC3)no2)s1. The predicted molar refractivity (Wildman–Crippen MR) is 77.5 cm³/mol. The van der Waals surface area contributed by atoms with Crippen molar-refractivity contribution in [1.82, 2.24) is 10.1 Å². The molecule has 0 aliphatic heterocycles. The van der Waals surface area contributed by atoms with Crippen molar-refractivity contribution in [2.24, 2.45) is 5.73 Å². The second kappa shape index (κ2) is 6.03. The molecule has 0 saturated heterocycles. The number of aromatic nitrogens is 2. The molecule has 5 nitrogen and oxygen atoms in total. The van der Waals surface area contributed by atoms with Gasteiger partial charge in [-0.1, -0.05) is 12.1 Å². The van der Waals surface area contributed by atoms with Crippen LogP contribution >= 0.6 is 11.3 Å². The van der Waals surface area contributed by atoms with Gasteiger partial charge < -0.3 is 15.0 Å². The third-order valence-electron chi connectivity index (χ3n) is 3.56. The van der Waals surface area contributed by atoms with Crippen molar-refractivity contribution in [3.63, 3.8) is 0 Å². The number of hydrogen-bond donors (Lipinski definition) is 1. The molecule has 0 radical (unpaired) electrons. The first-order valence-corrected chi connectivity index (χ1v) is 7.87. The lowest BCUT2D eigenvalue weighted by molar-refractivity contribution is -0.00549. The molecule has 3 rings (SSSR count). The summed E-state index contributed by atoms with van der Waals surface area (Å²) in [6, 6.07) is 3.78. The molecule has 20 heavy (non-hydrogen) atoms. The maximum atomic E-state index is 6.04. The molecule has 1 unspecified atom stereocenters. The smallest absolute Gasteiger partial charge is 0.268 e. The van der Waals surface area contributed by atoms with Crippen LogP contribution in [0.15, 0.2) is 16.7 Å². The third kappa shape index (κ3) is 2.92. The van der Waals surface area contributed by atoms with Crippen molar-refractivity contribution in [3.05, 3.63) is 22.8 Å². The number of aryl methyl sites for hydroxylation is 1. The maximum absolute atomic E-state index is 6.04. The number of nitrogens with zero attached hydrogens (tertiary/aromatic N) is 2. The largest absolute Gasteiger partial charge is 0.376 e. The Bertz CT molecular complexity index is 562. The minimum Gasteiger partial charge on any atom is -0.376 e. The van der Waals surface area contributed by atoms with Crippen LogP contribution in [0.25, 0.3) is 10.8 Å². The predicted octanol–water partition coefficient (Wildman–Crippen LogP) is 2.93. The van der Waals surface area contributed by atoms with E-state index in [9.17, 15) is 0 Å². The van der Waals surface area contributed by atoms with Crippen LogP contribution < -0.4 is 5.73 Å². The lowest BCUT2D eigenvalue weighted by Crippen LogP contribution is -2.27. The van der Waals surface area contributed by atoms with Gasteiger partial charge in [0.25, 0.3) is 5.89 Å². The Hall–Kier alpha value is -1.24. The molecule has 0 amide bonds. The first-order valence-electron chi connectivity index (χ1n) is 7.06. The zero-order valence-corrected chi connectivity index (χ0v) is 12.4. The van der Waals surface area contributed by atoms with Crippen LogP contribution in [0.5, 0.6) is 0 Å². The van der Waals surface area contributed by atoms with Crippen LogP contribution in [0, 0.1) is 0 Å². The second-order valence-electron chi connectivity index (χ2n) is 5.07. The zero-order chi connectivity index (χ0) is 13.9. The van der Waals surface area contributed by atoms with E-state index in [2.05, 4.69) is 23.1 Å². The van der Waals surface area contributed by atoms with E-state index >= 15 is 0 Å². The summed E-state index contributed by atoms with van der Waals surface area (Å²) in [5, 5.41) is 3.96. The van der Waals surface area contributed by atoms with Gasteiger partial charge in [0.2, 0.25) is 0 Å². The lowest BCUT2D eigenvalue weighted by Gasteiger charge is -2.26. The summed E-state index contributed by atoms with van der Waals surface area (Å²) in [5.41, 5.74) is 6.04. The van der Waals surface area contributed by atoms with E-state index in [1.54, 1.807) is 11.3 Å². The van der Waals surface area contributed by atoms with E-state index in [0.29, 0.717) is 24.4 Å². The highest BCUT2D eigenvalue weighted by molar-refractivity contribution is 7.15. The van der Waals surface area contributed by atoms with E-state index in [-0.39, 0.29) is 6.04 Å². The normalized spacial score (nSPS) is 17.1. The summed E-state index contributed by atoms with van der Waals surface area (Å²) in [7, 11) is 0. The number of nitrogens with two attached hydrogens (primary N) is 1. The fourth-order valence-electron chi connectivity index (χ4n) is 2.02. The molecule has 2 heterocycles. The molecule has 2 aromatic heterocycles. The monoisotopic (exact) mass is 293 g/mol. The third-order valence-corrected chi connectivity index (χ3v) is 4.78. The van der Waals surface area contributed by atoms with E-state index in [1.165, 1.54) is 11.3 Å². The summed E-state index contributed by atoms with van der Waals surface area (Å²) >= 11 is 1.67. The Labute approximate surface area is 122 Å². The van der Waals surface area contributed by atoms with Gasteiger partial charge in [-0.2, -0.15) is 4.98 Å². The van der Waals surface area contributed by atoms with Crippen molar-refractivity contribution < 1.29 is 9.26 Å². The quantitative estimate of drug-likeness (QED) is 0.886. The van der Waals surface area contributed by atoms with Crippen LogP contribution in [-0.2, 0) is 11.2 Å². The van der Waals surface area contributed by atoms with Crippen LogP contribution in [0.2, 0.25) is 0 Å². The summed E-state index contributed by atoms with van der Waals surface area (Å²) in [4.78, 5) is 6.67. The Morgan fingerprint density at radius 3 is 3.00 bits per heavy atom. The average molecular weight is 293 g/mol. The Morgan fingerprint density at radius 1 is 1.50 bits per heavy atom. The minimum absolute atomic E-state index is 0.321. The van der Waals surface area contributed by atoms with Crippen molar-refractivity contribution in [2.75, 3.05) is 6.61 Å². The van der Waals surface area contributed by atoms with E-state index in [4.69, 9.17) is 15.0 Å². The fraction of sp³-hybridized carbons (Fsp3) is 0.571. The summed E-state index contributed by atoms with van der Waals surface area (Å²) < 4.78 is 11.0. The highest BCUT2D eigenvalue weighted by Gasteiger charge is 2.21. The maximum Gasteiger partial charge on any atom is 0.268 e. The number of thiophene rings is 1. The highest BCUT2D eigenvalue weighted by Crippen LogP contribution is 2.28. The molecule has 1 atom stereocenters. The number of hydrogen-bond acceptors (Lipinski definition) is 6. The lowest BCUT2D eigenvalue weighted by atomic mass is 9.96. The van der Waals surface area contributed by atoms with Gasteiger partial charge >= 0.3 is 0 Å². The average Bonchev–Trinajstić information content (AvgIpc) is 3.05. The molecule has 1 aliphatic carbocycles. The van der Waals surface area contributed by atoms with Gasteiger partial charge in [-0.3, -0.25) is 0 Å². The molecular weight excluding hydrogens is 274 g/mol. The van der Waals surface area contributed by atoms with Gasteiger partial charge in [0.05, 0.1) is 23.6 Å². The first kappa shape index (κ1) is 13.7. The van der Waals surface area contributed by atoms with E-state index in [1.807, 2.05) is 6.07 Å². The molecular formula is C14H19N3O2S. The minimum atomic E-state index is -0.321. The van der Waals surface area contributed by atoms with Crippen LogP contribution in [0.1, 0.15) is 42.9 Å². The van der Waals surface area contributed by atoms with Crippen LogP contribution in [0.3, 0.4) is 0 Å². The Kier molecular flexibility index (Phi) is 4.14. The highest BCUT2D eigenvalue weighted by atomic mass is 32.1. The molecule has 1 fully saturated rings. The molecule has 108 valence electrons. The van der Waals surface area contributed by atoms with Gasteiger partial charge in [0, 0.05) is 4.88 Å². The van der Waals surface area contributed by atoms with Crippen molar-refractivity contribution in [3.8, 4) is 10.8 Å². The molecule has 0 aromatic carbocycles. The molecule has 1 aliphatic rings. The van der Waals surface area contributed by atoms with Crippen molar-refractivity contribution >= 4 is 11.3 Å². The molecule has 1 saturated carbocycles. The van der Waals surface area contributed by atoms with Crippen LogP contribution in [-0.4, -0.2) is 22.9 Å². The van der Waals surface area contributed by atoms with E-state index in [0.717, 1.165) is 24.1 Å². The van der Waals surface area contributed by atoms with Crippen molar-refractivity contribution in [1.29, 1.82) is 0 Å². The standard InChI is InChI=1S/C14H19N3O2S/c1-2-10-6-7-12(20-10)14-16-13(17-19-14)11(15)8-18-9-4-3-5-9/h6-7,9,11H,2-5,8,15H2,1H3. The molecule has 2 N–H and O–H groups in total. The summed E-state index contributed by atoms with van der Waals surface area (Å²) in [6.07, 6.45) is 4.92. The summed E-state index contributed by atoms with van der Waals surface area (Å²) in [5.74, 6) is 1.06. The number of rotatable bonds is 6. The molecule has 2 aromatic rings. The fourth-order valence-corrected chi connectivity index (χ4v) is 2.89. The van der Waals surface area contributed by atoms with Gasteiger partial charge in [-0.05, 0) is 37.8 Å². The zero-order valence-electron chi connectivity index (χ0n) is 11.5. The topological polar surface area (TPSA) is 74.2 Å². The molecule has 0 bridgehead atoms. The van der Waals surface area contributed by atoms with Gasteiger partial charge in [0.1, 0.15) is 0 Å². The van der Waals surface area contributed by atoms with Gasteiger partial charge in [0.15, 0.2) is 5.82 Å². The summed E-state index contributed by atoms with van der Waals surface area (Å²) in [6.45, 7) is 2.58. The van der Waals surface area contributed by atoms with Crippen molar-refractivity contribution in [2.45, 2.75) is 44.8 Å².